The van der Waals surface area contributed by atoms with E-state index in [-0.39, 0.29) is 5.78 Å². The van der Waals surface area contributed by atoms with Gasteiger partial charge in [-0.25, -0.2) is 0 Å². The number of Topliss-reactive ketones (excluding diaryl/α,β-unsaturated/α-hetero) is 1. The van der Waals surface area contributed by atoms with E-state index >= 15 is 0 Å². The molecule has 1 aromatic carbocycles. The lowest BCUT2D eigenvalue weighted by Gasteiger charge is -2.39. The largest absolute Gasteiger partial charge is 0.299 e. The van der Waals surface area contributed by atoms with Gasteiger partial charge < -0.3 is 0 Å². The highest BCUT2D eigenvalue weighted by Crippen LogP contribution is 2.33. The Morgan fingerprint density at radius 3 is 2.45 bits per heavy atom. The molecule has 0 bridgehead atoms. The minimum atomic E-state index is 0.141. The summed E-state index contributed by atoms with van der Waals surface area (Å²) < 4.78 is 0. The lowest BCUT2D eigenvalue weighted by molar-refractivity contribution is 0.0943. The number of piperidine rings is 1. The van der Waals surface area contributed by atoms with Crippen LogP contribution in [0.4, 0.5) is 0 Å². The second-order valence-electron chi connectivity index (χ2n) is 7.19. The molecule has 1 unspecified atom stereocenters. The summed E-state index contributed by atoms with van der Waals surface area (Å²) in [6, 6.07) is 8.08. The summed E-state index contributed by atoms with van der Waals surface area (Å²) in [5.41, 5.74) is 2.52. The Hall–Kier alpha value is -1.15. The number of nitrogens with zero attached hydrogens (tertiary/aromatic N) is 1. The second kappa shape index (κ2) is 6.09. The maximum atomic E-state index is 11.3. The highest BCUT2D eigenvalue weighted by Gasteiger charge is 2.29. The molecule has 1 saturated heterocycles. The number of likely N-dealkylation sites (tertiary alicyclic amines) is 1. The zero-order valence-electron chi connectivity index (χ0n) is 13.3. The SMILES string of the molecule is CC(=O)c1ccc(CN2CCCC(C(C)(C)C)C2)cc1. The quantitative estimate of drug-likeness (QED) is 0.771. The number of ketones is 1. The molecule has 1 aliphatic rings. The molecule has 0 saturated carbocycles. The van der Waals surface area contributed by atoms with Crippen molar-refractivity contribution in [1.29, 1.82) is 0 Å². The van der Waals surface area contributed by atoms with Crippen molar-refractivity contribution < 1.29 is 4.79 Å². The van der Waals surface area contributed by atoms with Gasteiger partial charge in [-0.2, -0.15) is 0 Å². The molecule has 2 rings (SSSR count). The molecule has 1 fully saturated rings. The molecule has 0 radical (unpaired) electrons. The van der Waals surface area contributed by atoms with Crippen LogP contribution in [0.5, 0.6) is 0 Å². The molecule has 1 aliphatic heterocycles. The molecule has 1 heterocycles. The number of hydrogen-bond donors (Lipinski definition) is 0. The molecule has 2 heteroatoms. The van der Waals surface area contributed by atoms with Gasteiger partial charge in [0.2, 0.25) is 0 Å². The molecule has 110 valence electrons. The highest BCUT2D eigenvalue weighted by atomic mass is 16.1. The average molecular weight is 273 g/mol. The van der Waals surface area contributed by atoms with Gasteiger partial charge in [-0.15, -0.1) is 0 Å². The van der Waals surface area contributed by atoms with Gasteiger partial charge in [0, 0.05) is 18.7 Å². The van der Waals surface area contributed by atoms with Crippen LogP contribution < -0.4 is 0 Å². The van der Waals surface area contributed by atoms with E-state index in [1.165, 1.54) is 31.5 Å². The van der Waals surface area contributed by atoms with Gasteiger partial charge in [0.1, 0.15) is 0 Å². The topological polar surface area (TPSA) is 20.3 Å². The maximum absolute atomic E-state index is 11.3. The van der Waals surface area contributed by atoms with Crippen LogP contribution in [0.3, 0.4) is 0 Å². The third-order valence-electron chi connectivity index (χ3n) is 4.50. The van der Waals surface area contributed by atoms with E-state index in [4.69, 9.17) is 0 Å². The van der Waals surface area contributed by atoms with Crippen molar-refractivity contribution in [2.45, 2.75) is 47.1 Å². The standard InChI is InChI=1S/C18H27NO/c1-14(20)16-9-7-15(8-10-16)12-19-11-5-6-17(13-19)18(2,3)4/h7-10,17H,5-6,11-13H2,1-4H3. The predicted molar refractivity (Wildman–Crippen MR) is 83.9 cm³/mol. The van der Waals surface area contributed by atoms with Crippen molar-refractivity contribution in [2.75, 3.05) is 13.1 Å². The monoisotopic (exact) mass is 273 g/mol. The van der Waals surface area contributed by atoms with Gasteiger partial charge in [0.25, 0.3) is 0 Å². The molecule has 0 aliphatic carbocycles. The maximum Gasteiger partial charge on any atom is 0.159 e. The van der Waals surface area contributed by atoms with Crippen LogP contribution in [-0.2, 0) is 6.54 Å². The van der Waals surface area contributed by atoms with Crippen molar-refractivity contribution in [3.63, 3.8) is 0 Å². The predicted octanol–water partition coefficient (Wildman–Crippen LogP) is 4.15. The van der Waals surface area contributed by atoms with Crippen LogP contribution in [0.1, 0.15) is 56.5 Å². The van der Waals surface area contributed by atoms with Crippen molar-refractivity contribution in [2.24, 2.45) is 11.3 Å². The van der Waals surface area contributed by atoms with Crippen LogP contribution in [0.25, 0.3) is 0 Å². The normalized spacial score (nSPS) is 20.9. The summed E-state index contributed by atoms with van der Waals surface area (Å²) in [4.78, 5) is 13.8. The van der Waals surface area contributed by atoms with E-state index < -0.39 is 0 Å². The second-order valence-corrected chi connectivity index (χ2v) is 7.19. The smallest absolute Gasteiger partial charge is 0.159 e. The van der Waals surface area contributed by atoms with Gasteiger partial charge in [0.15, 0.2) is 5.78 Å². The molecule has 0 amide bonds. The molecule has 0 spiro atoms. The van der Waals surface area contributed by atoms with Crippen LogP contribution in [0.2, 0.25) is 0 Å². The summed E-state index contributed by atoms with van der Waals surface area (Å²) >= 11 is 0. The first-order chi connectivity index (χ1) is 9.36. The van der Waals surface area contributed by atoms with E-state index in [1.54, 1.807) is 6.92 Å². The first-order valence-corrected chi connectivity index (χ1v) is 7.68. The summed E-state index contributed by atoms with van der Waals surface area (Å²) in [5.74, 6) is 0.926. The molecule has 0 N–H and O–H groups in total. The summed E-state index contributed by atoms with van der Waals surface area (Å²) in [7, 11) is 0. The van der Waals surface area contributed by atoms with Gasteiger partial charge in [-0.05, 0) is 43.2 Å². The molecule has 20 heavy (non-hydrogen) atoms. The molecule has 0 aromatic heterocycles. The molecular formula is C18H27NO. The van der Waals surface area contributed by atoms with Gasteiger partial charge in [0.05, 0.1) is 0 Å². The van der Waals surface area contributed by atoms with Crippen LogP contribution in [-0.4, -0.2) is 23.8 Å². The Kier molecular flexibility index (Phi) is 4.64. The van der Waals surface area contributed by atoms with E-state index in [0.717, 1.165) is 18.0 Å². The van der Waals surface area contributed by atoms with E-state index in [1.807, 2.05) is 12.1 Å². The molecule has 2 nitrogen and oxygen atoms in total. The Bertz CT molecular complexity index is 455. The number of carbonyl (C=O) groups excluding carboxylic acids is 1. The first-order valence-electron chi connectivity index (χ1n) is 7.68. The minimum Gasteiger partial charge on any atom is -0.299 e. The molecule has 1 atom stereocenters. The Morgan fingerprint density at radius 1 is 1.25 bits per heavy atom. The van der Waals surface area contributed by atoms with Gasteiger partial charge in [-0.3, -0.25) is 9.69 Å². The zero-order chi connectivity index (χ0) is 14.8. The first kappa shape index (κ1) is 15.2. The van der Waals surface area contributed by atoms with E-state index in [9.17, 15) is 4.79 Å². The summed E-state index contributed by atoms with van der Waals surface area (Å²) in [5, 5.41) is 0. The number of rotatable bonds is 3. The molecular weight excluding hydrogens is 246 g/mol. The highest BCUT2D eigenvalue weighted by molar-refractivity contribution is 5.93. The Morgan fingerprint density at radius 2 is 1.90 bits per heavy atom. The lowest BCUT2D eigenvalue weighted by Crippen LogP contribution is -2.40. The van der Waals surface area contributed by atoms with Crippen molar-refractivity contribution in [3.8, 4) is 0 Å². The minimum absolute atomic E-state index is 0.141. The third kappa shape index (κ3) is 3.92. The third-order valence-corrected chi connectivity index (χ3v) is 4.50. The fraction of sp³-hybridized carbons (Fsp3) is 0.611. The lowest BCUT2D eigenvalue weighted by atomic mass is 9.76. The van der Waals surface area contributed by atoms with Crippen LogP contribution in [0.15, 0.2) is 24.3 Å². The van der Waals surface area contributed by atoms with Gasteiger partial charge >= 0.3 is 0 Å². The number of benzene rings is 1. The molecule has 1 aromatic rings. The van der Waals surface area contributed by atoms with Crippen molar-refractivity contribution >= 4 is 5.78 Å². The van der Waals surface area contributed by atoms with Crippen molar-refractivity contribution in [1.82, 2.24) is 4.90 Å². The number of hydrogen-bond acceptors (Lipinski definition) is 2. The fourth-order valence-corrected chi connectivity index (χ4v) is 3.01. The van der Waals surface area contributed by atoms with Crippen LogP contribution >= 0.6 is 0 Å². The summed E-state index contributed by atoms with van der Waals surface area (Å²) in [6.45, 7) is 12.1. The van der Waals surface area contributed by atoms with E-state index in [0.29, 0.717) is 5.41 Å². The Balaban J connectivity index is 1.97. The van der Waals surface area contributed by atoms with Crippen molar-refractivity contribution in [3.05, 3.63) is 35.4 Å². The van der Waals surface area contributed by atoms with Crippen LogP contribution in [0, 0.1) is 11.3 Å². The zero-order valence-corrected chi connectivity index (χ0v) is 13.3. The Labute approximate surface area is 123 Å². The summed E-state index contributed by atoms with van der Waals surface area (Å²) in [6.07, 6.45) is 2.65. The number of carbonyl (C=O) groups is 1. The fourth-order valence-electron chi connectivity index (χ4n) is 3.01. The average Bonchev–Trinajstić information content (AvgIpc) is 2.38. The van der Waals surface area contributed by atoms with Gasteiger partial charge in [-0.1, -0.05) is 45.0 Å². The van der Waals surface area contributed by atoms with E-state index in [2.05, 4.69) is 37.8 Å².